The summed E-state index contributed by atoms with van der Waals surface area (Å²) in [6, 6.07) is 3.96. The summed E-state index contributed by atoms with van der Waals surface area (Å²) in [5.74, 6) is 2.77. The monoisotopic (exact) mass is 202 g/mol. The van der Waals surface area contributed by atoms with Gasteiger partial charge in [-0.15, -0.1) is 0 Å². The Labute approximate surface area is 91.1 Å². The van der Waals surface area contributed by atoms with Gasteiger partial charge in [-0.3, -0.25) is 0 Å². The minimum atomic E-state index is 0.455. The van der Waals surface area contributed by atoms with Crippen LogP contribution >= 0.6 is 0 Å². The highest BCUT2D eigenvalue weighted by molar-refractivity contribution is 5.49. The van der Waals surface area contributed by atoms with E-state index in [4.69, 9.17) is 0 Å². The predicted molar refractivity (Wildman–Crippen MR) is 61.4 cm³/mol. The number of aryl methyl sites for hydroxylation is 1. The minimum Gasteiger partial charge on any atom is -0.508 e. The first-order chi connectivity index (χ1) is 7.16. The van der Waals surface area contributed by atoms with Gasteiger partial charge in [0.1, 0.15) is 5.75 Å². The molecule has 0 amide bonds. The molecule has 0 aromatic heterocycles. The summed E-state index contributed by atoms with van der Waals surface area (Å²) >= 11 is 0. The van der Waals surface area contributed by atoms with Crippen molar-refractivity contribution in [2.45, 2.75) is 44.9 Å². The van der Waals surface area contributed by atoms with Gasteiger partial charge in [0.25, 0.3) is 0 Å². The van der Waals surface area contributed by atoms with Crippen LogP contribution in [-0.4, -0.2) is 5.11 Å². The van der Waals surface area contributed by atoms with Crippen molar-refractivity contribution in [3.8, 4) is 5.75 Å². The van der Waals surface area contributed by atoms with E-state index >= 15 is 0 Å². The maximum absolute atomic E-state index is 9.72. The minimum absolute atomic E-state index is 0.455. The lowest BCUT2D eigenvalue weighted by Gasteiger charge is -2.21. The average Bonchev–Trinajstić information content (AvgIpc) is 2.94. The molecule has 0 radical (unpaired) electrons. The molecule has 1 N–H and O–H groups in total. The molecule has 1 heteroatoms. The highest BCUT2D eigenvalue weighted by atomic mass is 16.3. The van der Waals surface area contributed by atoms with E-state index in [1.807, 2.05) is 12.1 Å². The molecule has 0 saturated heterocycles. The normalized spacial score (nSPS) is 27.4. The van der Waals surface area contributed by atoms with Crippen LogP contribution in [0.15, 0.2) is 12.1 Å². The second-order valence-corrected chi connectivity index (χ2v) is 5.40. The first-order valence-corrected chi connectivity index (χ1v) is 6.02. The van der Waals surface area contributed by atoms with Crippen LogP contribution in [0.25, 0.3) is 0 Å². The van der Waals surface area contributed by atoms with Gasteiger partial charge < -0.3 is 5.11 Å². The summed E-state index contributed by atoms with van der Waals surface area (Å²) in [5, 5.41) is 9.72. The van der Waals surface area contributed by atoms with Gasteiger partial charge in [-0.2, -0.15) is 0 Å². The van der Waals surface area contributed by atoms with E-state index in [0.717, 1.165) is 11.8 Å². The molecule has 15 heavy (non-hydrogen) atoms. The van der Waals surface area contributed by atoms with Gasteiger partial charge in [-0.25, -0.2) is 0 Å². The Morgan fingerprint density at radius 1 is 1.33 bits per heavy atom. The molecule has 1 saturated carbocycles. The standard InChI is InChI=1S/C14H18O/c1-8(2)12-7-11(15)5-10-4-3-9-6-13(9)14(10)12/h5,7-9,13,15H,3-4,6H2,1-2H3. The third-order valence-electron chi connectivity index (χ3n) is 3.98. The number of rotatable bonds is 1. The zero-order valence-electron chi connectivity index (χ0n) is 9.46. The Balaban J connectivity index is 2.17. The molecule has 0 spiro atoms. The molecular weight excluding hydrogens is 184 g/mol. The van der Waals surface area contributed by atoms with Gasteiger partial charge in [0, 0.05) is 0 Å². The van der Waals surface area contributed by atoms with Crippen molar-refractivity contribution in [2.24, 2.45) is 5.92 Å². The van der Waals surface area contributed by atoms with Gasteiger partial charge in [0.2, 0.25) is 0 Å². The maximum atomic E-state index is 9.72. The van der Waals surface area contributed by atoms with Crippen LogP contribution in [0, 0.1) is 5.92 Å². The molecule has 1 fully saturated rings. The number of fused-ring (bicyclic) bond motifs is 3. The van der Waals surface area contributed by atoms with Gasteiger partial charge >= 0.3 is 0 Å². The van der Waals surface area contributed by atoms with Crippen LogP contribution in [0.4, 0.5) is 0 Å². The SMILES string of the molecule is CC(C)c1cc(O)cc2c1C1CC1CC2. The molecular formula is C14H18O. The van der Waals surface area contributed by atoms with E-state index in [1.54, 1.807) is 5.56 Å². The number of hydrogen-bond acceptors (Lipinski definition) is 1. The Bertz CT molecular complexity index is 406. The van der Waals surface area contributed by atoms with Crippen LogP contribution in [0.1, 0.15) is 55.2 Å². The summed E-state index contributed by atoms with van der Waals surface area (Å²) in [4.78, 5) is 0. The van der Waals surface area contributed by atoms with Crippen molar-refractivity contribution in [3.63, 3.8) is 0 Å². The summed E-state index contributed by atoms with van der Waals surface area (Å²) < 4.78 is 0. The van der Waals surface area contributed by atoms with E-state index in [9.17, 15) is 5.11 Å². The Hall–Kier alpha value is -0.980. The van der Waals surface area contributed by atoms with Crippen molar-refractivity contribution < 1.29 is 5.11 Å². The molecule has 2 atom stereocenters. The second-order valence-electron chi connectivity index (χ2n) is 5.40. The molecule has 1 aromatic rings. The molecule has 1 aromatic carbocycles. The quantitative estimate of drug-likeness (QED) is 0.738. The molecule has 0 heterocycles. The van der Waals surface area contributed by atoms with E-state index in [-0.39, 0.29) is 0 Å². The fourth-order valence-corrected chi connectivity index (χ4v) is 3.12. The van der Waals surface area contributed by atoms with Crippen LogP contribution in [-0.2, 0) is 6.42 Å². The Morgan fingerprint density at radius 3 is 2.87 bits per heavy atom. The van der Waals surface area contributed by atoms with Gasteiger partial charge in [0.05, 0.1) is 0 Å². The van der Waals surface area contributed by atoms with E-state index in [2.05, 4.69) is 13.8 Å². The highest BCUT2D eigenvalue weighted by Crippen LogP contribution is 2.56. The predicted octanol–water partition coefficient (Wildman–Crippen LogP) is 3.57. The molecule has 2 aliphatic carbocycles. The lowest BCUT2D eigenvalue weighted by Crippen LogP contribution is -2.06. The largest absolute Gasteiger partial charge is 0.508 e. The third-order valence-corrected chi connectivity index (χ3v) is 3.98. The van der Waals surface area contributed by atoms with Gasteiger partial charge in [-0.1, -0.05) is 13.8 Å². The van der Waals surface area contributed by atoms with Crippen LogP contribution in [0.5, 0.6) is 5.75 Å². The Kier molecular flexibility index (Phi) is 1.86. The summed E-state index contributed by atoms with van der Waals surface area (Å²) in [6.07, 6.45) is 3.89. The van der Waals surface area contributed by atoms with Crippen molar-refractivity contribution >= 4 is 0 Å². The zero-order chi connectivity index (χ0) is 10.6. The zero-order valence-corrected chi connectivity index (χ0v) is 9.46. The lowest BCUT2D eigenvalue weighted by atomic mass is 9.84. The first-order valence-electron chi connectivity index (χ1n) is 6.02. The molecule has 2 unspecified atom stereocenters. The number of phenolic OH excluding ortho intramolecular Hbond substituents is 1. The average molecular weight is 202 g/mol. The maximum Gasteiger partial charge on any atom is 0.116 e. The topological polar surface area (TPSA) is 20.2 Å². The van der Waals surface area contributed by atoms with Gasteiger partial charge in [0.15, 0.2) is 0 Å². The smallest absolute Gasteiger partial charge is 0.116 e. The van der Waals surface area contributed by atoms with Crippen LogP contribution in [0.3, 0.4) is 0 Å². The molecule has 2 aliphatic rings. The van der Waals surface area contributed by atoms with Crippen molar-refractivity contribution in [3.05, 3.63) is 28.8 Å². The first kappa shape index (κ1) is 9.26. The molecule has 0 bridgehead atoms. The van der Waals surface area contributed by atoms with Gasteiger partial charge in [-0.05, 0) is 65.8 Å². The van der Waals surface area contributed by atoms with Crippen LogP contribution < -0.4 is 0 Å². The molecule has 0 aliphatic heterocycles. The number of benzene rings is 1. The number of phenols is 1. The summed E-state index contributed by atoms with van der Waals surface area (Å²) in [5.41, 5.74) is 4.38. The van der Waals surface area contributed by atoms with Crippen molar-refractivity contribution in [1.29, 1.82) is 0 Å². The third kappa shape index (κ3) is 1.37. The highest BCUT2D eigenvalue weighted by Gasteiger charge is 2.43. The molecule has 80 valence electrons. The fourth-order valence-electron chi connectivity index (χ4n) is 3.12. The van der Waals surface area contributed by atoms with Crippen LogP contribution in [0.2, 0.25) is 0 Å². The van der Waals surface area contributed by atoms with E-state index in [0.29, 0.717) is 11.7 Å². The summed E-state index contributed by atoms with van der Waals surface area (Å²) in [7, 11) is 0. The fraction of sp³-hybridized carbons (Fsp3) is 0.571. The second kappa shape index (κ2) is 3.01. The van der Waals surface area contributed by atoms with E-state index < -0.39 is 0 Å². The number of hydrogen-bond donors (Lipinski definition) is 1. The van der Waals surface area contributed by atoms with Crippen molar-refractivity contribution in [2.75, 3.05) is 0 Å². The van der Waals surface area contributed by atoms with Crippen molar-refractivity contribution in [1.82, 2.24) is 0 Å². The lowest BCUT2D eigenvalue weighted by molar-refractivity contribution is 0.471. The Morgan fingerprint density at radius 2 is 2.13 bits per heavy atom. The molecule has 1 nitrogen and oxygen atoms in total. The van der Waals surface area contributed by atoms with E-state index in [1.165, 1.54) is 30.4 Å². The number of aromatic hydroxyl groups is 1. The summed E-state index contributed by atoms with van der Waals surface area (Å²) in [6.45, 7) is 4.45. The molecule has 3 rings (SSSR count).